The molecule has 1 aliphatic rings. The van der Waals surface area contributed by atoms with Gasteiger partial charge in [-0.1, -0.05) is 22.4 Å². The van der Waals surface area contributed by atoms with Crippen LogP contribution in [0.25, 0.3) is 0 Å². The summed E-state index contributed by atoms with van der Waals surface area (Å²) in [6.45, 7) is 1.35. The largest absolute Gasteiger partial charge is 0.495 e. The number of methoxy groups -OCH3 is 1. The normalized spacial score (nSPS) is 18.9. The van der Waals surface area contributed by atoms with Crippen molar-refractivity contribution in [2.75, 3.05) is 20.2 Å². The molecule has 1 atom stereocenters. The van der Waals surface area contributed by atoms with Gasteiger partial charge in [-0.25, -0.2) is 13.1 Å². The van der Waals surface area contributed by atoms with E-state index in [1.54, 1.807) is 18.2 Å². The second-order valence-corrected chi connectivity index (χ2v) is 7.44. The van der Waals surface area contributed by atoms with Crippen molar-refractivity contribution < 1.29 is 13.2 Å². The highest BCUT2D eigenvalue weighted by Gasteiger charge is 2.22. The van der Waals surface area contributed by atoms with E-state index in [-0.39, 0.29) is 23.3 Å². The number of benzene rings is 1. The van der Waals surface area contributed by atoms with Crippen molar-refractivity contribution in [3.63, 3.8) is 0 Å². The van der Waals surface area contributed by atoms with Crippen LogP contribution in [-0.4, -0.2) is 34.7 Å². The van der Waals surface area contributed by atoms with Gasteiger partial charge < -0.3 is 10.1 Å². The average Bonchev–Trinajstić information content (AvgIpc) is 2.46. The van der Waals surface area contributed by atoms with Gasteiger partial charge in [0.15, 0.2) is 0 Å². The summed E-state index contributed by atoms with van der Waals surface area (Å²) < 4.78 is 33.2. The van der Waals surface area contributed by atoms with Crippen LogP contribution < -0.4 is 14.8 Å². The van der Waals surface area contributed by atoms with E-state index < -0.39 is 10.0 Å². The number of rotatable bonds is 5. The second kappa shape index (κ2) is 8.33. The Balaban J connectivity index is 0.00000220. The van der Waals surface area contributed by atoms with Gasteiger partial charge in [-0.2, -0.15) is 0 Å². The van der Waals surface area contributed by atoms with E-state index in [4.69, 9.17) is 4.74 Å². The summed E-state index contributed by atoms with van der Waals surface area (Å²) in [6, 6.07) is 5.14. The molecule has 8 heteroatoms. The van der Waals surface area contributed by atoms with Gasteiger partial charge in [0, 0.05) is 17.1 Å². The Bertz CT molecular complexity index is 563. The van der Waals surface area contributed by atoms with Crippen LogP contribution in [0.5, 0.6) is 5.75 Å². The van der Waals surface area contributed by atoms with Gasteiger partial charge >= 0.3 is 0 Å². The highest BCUT2D eigenvalue weighted by molar-refractivity contribution is 9.10. The minimum atomic E-state index is -3.57. The molecule has 0 aromatic heterocycles. The molecule has 0 radical (unpaired) electrons. The maximum atomic E-state index is 12.4. The fraction of sp³-hybridized carbons (Fsp3) is 0.538. The zero-order chi connectivity index (χ0) is 14.6. The molecule has 1 heterocycles. The van der Waals surface area contributed by atoms with Crippen LogP contribution in [0.1, 0.15) is 19.3 Å². The van der Waals surface area contributed by atoms with Crippen LogP contribution in [0.3, 0.4) is 0 Å². The van der Waals surface area contributed by atoms with Crippen LogP contribution in [0, 0.1) is 0 Å². The van der Waals surface area contributed by atoms with Crippen LogP contribution in [0.2, 0.25) is 0 Å². The highest BCUT2D eigenvalue weighted by Crippen LogP contribution is 2.27. The summed E-state index contributed by atoms with van der Waals surface area (Å²) in [7, 11) is -2.11. The van der Waals surface area contributed by atoms with Gasteiger partial charge in [0.1, 0.15) is 10.6 Å². The first-order valence-corrected chi connectivity index (χ1v) is 8.87. The first-order valence-electron chi connectivity index (χ1n) is 6.59. The van der Waals surface area contributed by atoms with Crippen LogP contribution in [0.4, 0.5) is 0 Å². The van der Waals surface area contributed by atoms with Gasteiger partial charge in [0.05, 0.1) is 7.11 Å². The number of sulfonamides is 1. The van der Waals surface area contributed by atoms with Gasteiger partial charge in [0.2, 0.25) is 10.0 Å². The molecule has 0 spiro atoms. The lowest BCUT2D eigenvalue weighted by Gasteiger charge is -2.23. The molecule has 1 saturated heterocycles. The molecule has 1 fully saturated rings. The lowest BCUT2D eigenvalue weighted by molar-refractivity contribution is 0.394. The zero-order valence-electron chi connectivity index (χ0n) is 11.8. The Labute approximate surface area is 140 Å². The average molecular weight is 400 g/mol. The topological polar surface area (TPSA) is 67.4 Å². The van der Waals surface area contributed by atoms with Gasteiger partial charge in [0.25, 0.3) is 0 Å². The molecular weight excluding hydrogens is 380 g/mol. The van der Waals surface area contributed by atoms with Gasteiger partial charge in [-0.15, -0.1) is 12.4 Å². The number of halogens is 2. The van der Waals surface area contributed by atoms with Crippen molar-refractivity contribution in [1.82, 2.24) is 10.0 Å². The third kappa shape index (κ3) is 5.10. The van der Waals surface area contributed by atoms with Crippen LogP contribution in [0.15, 0.2) is 27.6 Å². The maximum Gasteiger partial charge on any atom is 0.244 e. The molecule has 2 rings (SSSR count). The number of hydrogen-bond donors (Lipinski definition) is 2. The molecule has 0 amide bonds. The van der Waals surface area contributed by atoms with E-state index in [0.717, 1.165) is 25.8 Å². The second-order valence-electron chi connectivity index (χ2n) is 4.79. The highest BCUT2D eigenvalue weighted by atomic mass is 79.9. The lowest BCUT2D eigenvalue weighted by atomic mass is 10.1. The molecule has 0 saturated carbocycles. The molecule has 1 aromatic rings. The van der Waals surface area contributed by atoms with Crippen molar-refractivity contribution in [2.45, 2.75) is 30.2 Å². The van der Waals surface area contributed by atoms with Crippen LogP contribution >= 0.6 is 28.3 Å². The molecule has 0 aliphatic carbocycles. The fourth-order valence-electron chi connectivity index (χ4n) is 2.25. The third-order valence-corrected chi connectivity index (χ3v) is 5.29. The molecule has 1 unspecified atom stereocenters. The maximum absolute atomic E-state index is 12.4. The summed E-state index contributed by atoms with van der Waals surface area (Å²) in [5, 5.41) is 3.32. The van der Waals surface area contributed by atoms with Crippen LogP contribution in [-0.2, 0) is 10.0 Å². The summed E-state index contributed by atoms with van der Waals surface area (Å²) in [6.07, 6.45) is 3.29. The molecule has 1 aliphatic heterocycles. The Hall–Kier alpha value is -0.340. The third-order valence-electron chi connectivity index (χ3n) is 3.35. The van der Waals surface area contributed by atoms with Gasteiger partial charge in [-0.05, 0) is 37.6 Å². The molecular formula is C13H20BrClN2O3S. The van der Waals surface area contributed by atoms with E-state index in [1.807, 2.05) is 0 Å². The van der Waals surface area contributed by atoms with Crippen molar-refractivity contribution >= 4 is 38.4 Å². The van der Waals surface area contributed by atoms with Crippen molar-refractivity contribution in [3.8, 4) is 5.75 Å². The fourth-order valence-corrected chi connectivity index (χ4v) is 4.03. The molecule has 1 aromatic carbocycles. The molecule has 5 nitrogen and oxygen atoms in total. The lowest BCUT2D eigenvalue weighted by Crippen LogP contribution is -2.43. The van der Waals surface area contributed by atoms with E-state index in [1.165, 1.54) is 7.11 Å². The number of nitrogens with one attached hydrogen (secondary N) is 2. The first kappa shape index (κ1) is 18.7. The summed E-state index contributed by atoms with van der Waals surface area (Å²) in [5.41, 5.74) is 0. The SMILES string of the molecule is COc1ccc(Br)cc1S(=O)(=O)NCC1CCCCN1.Cl. The minimum Gasteiger partial charge on any atom is -0.495 e. The summed E-state index contributed by atoms with van der Waals surface area (Å²) in [4.78, 5) is 0.158. The Morgan fingerprint density at radius 3 is 2.81 bits per heavy atom. The van der Waals surface area contributed by atoms with E-state index in [9.17, 15) is 8.42 Å². The predicted octanol–water partition coefficient (Wildman–Crippen LogP) is 2.30. The molecule has 21 heavy (non-hydrogen) atoms. The quantitative estimate of drug-likeness (QED) is 0.797. The standard InChI is InChI=1S/C13H19BrN2O3S.ClH/c1-19-12-6-5-10(14)8-13(12)20(17,18)16-9-11-4-2-3-7-15-11;/h5-6,8,11,15-16H,2-4,7,9H2,1H3;1H. The Morgan fingerprint density at radius 1 is 1.43 bits per heavy atom. The molecule has 120 valence electrons. The first-order chi connectivity index (χ1) is 9.53. The summed E-state index contributed by atoms with van der Waals surface area (Å²) >= 11 is 3.29. The Morgan fingerprint density at radius 2 is 2.19 bits per heavy atom. The van der Waals surface area contributed by atoms with Crippen molar-refractivity contribution in [1.29, 1.82) is 0 Å². The van der Waals surface area contributed by atoms with E-state index in [2.05, 4.69) is 26.0 Å². The molecule has 2 N–H and O–H groups in total. The minimum absolute atomic E-state index is 0. The summed E-state index contributed by atoms with van der Waals surface area (Å²) in [5.74, 6) is 0.345. The van der Waals surface area contributed by atoms with Crippen molar-refractivity contribution in [3.05, 3.63) is 22.7 Å². The van der Waals surface area contributed by atoms with Crippen molar-refractivity contribution in [2.24, 2.45) is 0 Å². The predicted molar refractivity (Wildman–Crippen MR) is 88.8 cm³/mol. The number of ether oxygens (including phenoxy) is 1. The zero-order valence-corrected chi connectivity index (χ0v) is 15.0. The van der Waals surface area contributed by atoms with Gasteiger partial charge in [-0.3, -0.25) is 0 Å². The smallest absolute Gasteiger partial charge is 0.244 e. The monoisotopic (exact) mass is 398 g/mol. The van der Waals surface area contributed by atoms with E-state index in [0.29, 0.717) is 16.8 Å². The number of piperidine rings is 1. The Kier molecular flexibility index (Phi) is 7.42. The molecule has 0 bridgehead atoms. The van der Waals surface area contributed by atoms with E-state index >= 15 is 0 Å². The number of hydrogen-bond acceptors (Lipinski definition) is 4.